The molecule has 2 aromatic rings. The molecule has 1 N–H and O–H groups in total. The van der Waals surface area contributed by atoms with Crippen molar-refractivity contribution in [3.8, 4) is 0 Å². The van der Waals surface area contributed by atoms with Gasteiger partial charge in [0.2, 0.25) is 15.9 Å². The number of likely N-dealkylation sites (N-methyl/N-ethyl adjacent to an activating group) is 1. The van der Waals surface area contributed by atoms with E-state index < -0.39 is 10.0 Å². The maximum absolute atomic E-state index is 12.2. The third-order valence-corrected chi connectivity index (χ3v) is 4.73. The van der Waals surface area contributed by atoms with Gasteiger partial charge in [-0.25, -0.2) is 8.42 Å². The number of rotatable bonds is 7. The van der Waals surface area contributed by atoms with E-state index in [1.54, 1.807) is 12.1 Å². The zero-order valence-corrected chi connectivity index (χ0v) is 15.0. The average Bonchev–Trinajstić information content (AvgIpc) is 2.51. The fourth-order valence-electron chi connectivity index (χ4n) is 2.41. The van der Waals surface area contributed by atoms with Crippen LogP contribution in [0.2, 0.25) is 0 Å². The summed E-state index contributed by atoms with van der Waals surface area (Å²) in [6, 6.07) is 12.9. The van der Waals surface area contributed by atoms with E-state index in [0.717, 1.165) is 21.3 Å². The molecule has 24 heavy (non-hydrogen) atoms. The van der Waals surface area contributed by atoms with Gasteiger partial charge in [0, 0.05) is 18.5 Å². The van der Waals surface area contributed by atoms with Gasteiger partial charge in [-0.05, 0) is 25.5 Å². The number of nitrogens with zero attached hydrogens (tertiary/aromatic N) is 2. The van der Waals surface area contributed by atoms with Crippen LogP contribution in [0, 0.1) is 0 Å². The number of anilines is 1. The lowest BCUT2D eigenvalue weighted by molar-refractivity contribution is -0.119. The Kier molecular flexibility index (Phi) is 5.80. The molecule has 0 atom stereocenters. The molecule has 0 saturated heterocycles. The zero-order valence-electron chi connectivity index (χ0n) is 14.2. The fourth-order valence-corrected chi connectivity index (χ4v) is 3.28. The summed E-state index contributed by atoms with van der Waals surface area (Å²) >= 11 is 0. The van der Waals surface area contributed by atoms with Crippen molar-refractivity contribution >= 4 is 32.4 Å². The van der Waals surface area contributed by atoms with Gasteiger partial charge < -0.3 is 10.2 Å². The van der Waals surface area contributed by atoms with Gasteiger partial charge in [0.1, 0.15) is 6.54 Å². The van der Waals surface area contributed by atoms with Crippen LogP contribution >= 0.6 is 0 Å². The van der Waals surface area contributed by atoms with Crippen molar-refractivity contribution in [3.63, 3.8) is 0 Å². The number of nitrogens with one attached hydrogen (secondary N) is 1. The van der Waals surface area contributed by atoms with Crippen LogP contribution in [0.1, 0.15) is 0 Å². The van der Waals surface area contributed by atoms with Gasteiger partial charge in [0.05, 0.1) is 11.9 Å². The molecule has 0 fully saturated rings. The lowest BCUT2D eigenvalue weighted by atomic mass is 10.1. The van der Waals surface area contributed by atoms with Gasteiger partial charge in [0.25, 0.3) is 0 Å². The molecule has 0 aliphatic carbocycles. The standard InChI is InChI=1S/C17H23N3O3S/c1-19(2)12-11-18-17(21)13-20(24(3,22)23)16-10-6-8-14-7-4-5-9-15(14)16/h4-10H,11-13H2,1-3H3,(H,18,21). The molecule has 7 heteroatoms. The van der Waals surface area contributed by atoms with Crippen LogP contribution in [0.15, 0.2) is 42.5 Å². The smallest absolute Gasteiger partial charge is 0.240 e. The van der Waals surface area contributed by atoms with E-state index in [4.69, 9.17) is 0 Å². The van der Waals surface area contributed by atoms with Crippen LogP contribution in [0.25, 0.3) is 10.8 Å². The highest BCUT2D eigenvalue weighted by molar-refractivity contribution is 7.92. The number of carbonyl (C=O) groups is 1. The summed E-state index contributed by atoms with van der Waals surface area (Å²) in [7, 11) is 0.232. The van der Waals surface area contributed by atoms with Gasteiger partial charge in [-0.1, -0.05) is 36.4 Å². The minimum Gasteiger partial charge on any atom is -0.353 e. The van der Waals surface area contributed by atoms with Crippen LogP contribution in [0.5, 0.6) is 0 Å². The Labute approximate surface area is 143 Å². The normalized spacial score (nSPS) is 11.7. The van der Waals surface area contributed by atoms with Crippen molar-refractivity contribution in [2.45, 2.75) is 0 Å². The summed E-state index contributed by atoms with van der Waals surface area (Å²) in [6.45, 7) is 0.929. The third-order valence-electron chi connectivity index (χ3n) is 3.60. The number of fused-ring (bicyclic) bond motifs is 1. The molecule has 1 amide bonds. The first kappa shape index (κ1) is 18.2. The quantitative estimate of drug-likeness (QED) is 0.818. The monoisotopic (exact) mass is 349 g/mol. The van der Waals surface area contributed by atoms with Gasteiger partial charge in [-0.3, -0.25) is 9.10 Å². The van der Waals surface area contributed by atoms with Crippen LogP contribution in [-0.4, -0.2) is 59.2 Å². The molecule has 0 aliphatic rings. The van der Waals surface area contributed by atoms with Crippen LogP contribution < -0.4 is 9.62 Å². The van der Waals surface area contributed by atoms with Crippen molar-refractivity contribution in [2.24, 2.45) is 0 Å². The van der Waals surface area contributed by atoms with Crippen LogP contribution in [-0.2, 0) is 14.8 Å². The molecular formula is C17H23N3O3S. The second-order valence-corrected chi connectivity index (χ2v) is 7.83. The maximum atomic E-state index is 12.2. The first-order chi connectivity index (χ1) is 11.3. The third kappa shape index (κ3) is 4.69. The van der Waals surface area contributed by atoms with Crippen molar-refractivity contribution in [1.29, 1.82) is 0 Å². The van der Waals surface area contributed by atoms with Gasteiger partial charge in [0.15, 0.2) is 0 Å². The Hall–Kier alpha value is -2.12. The Morgan fingerprint density at radius 1 is 1.08 bits per heavy atom. The SMILES string of the molecule is CN(C)CCNC(=O)CN(c1cccc2ccccc12)S(C)(=O)=O. The zero-order chi connectivity index (χ0) is 17.7. The van der Waals surface area contributed by atoms with Gasteiger partial charge in [-0.15, -0.1) is 0 Å². The maximum Gasteiger partial charge on any atom is 0.240 e. The minimum atomic E-state index is -3.58. The second kappa shape index (κ2) is 7.63. The number of amides is 1. The van der Waals surface area contributed by atoms with Crippen molar-refractivity contribution < 1.29 is 13.2 Å². The number of hydrogen-bond acceptors (Lipinski definition) is 4. The molecule has 130 valence electrons. The van der Waals surface area contributed by atoms with E-state index in [0.29, 0.717) is 18.8 Å². The molecule has 0 heterocycles. The summed E-state index contributed by atoms with van der Waals surface area (Å²) in [5, 5.41) is 4.47. The predicted molar refractivity (Wildman–Crippen MR) is 97.7 cm³/mol. The largest absolute Gasteiger partial charge is 0.353 e. The van der Waals surface area contributed by atoms with E-state index in [1.807, 2.05) is 49.3 Å². The van der Waals surface area contributed by atoms with Gasteiger partial charge in [-0.2, -0.15) is 0 Å². The number of sulfonamides is 1. The minimum absolute atomic E-state index is 0.236. The van der Waals surface area contributed by atoms with Gasteiger partial charge >= 0.3 is 0 Å². The number of benzene rings is 2. The predicted octanol–water partition coefficient (Wildman–Crippen LogP) is 1.28. The lowest BCUT2D eigenvalue weighted by Crippen LogP contribution is -2.42. The molecule has 0 radical (unpaired) electrons. The molecule has 2 aromatic carbocycles. The Balaban J connectivity index is 2.28. The molecule has 0 aromatic heterocycles. The first-order valence-electron chi connectivity index (χ1n) is 7.66. The summed E-state index contributed by atoms with van der Waals surface area (Å²) in [6.07, 6.45) is 1.11. The summed E-state index contributed by atoms with van der Waals surface area (Å²) in [4.78, 5) is 14.1. The van der Waals surface area contributed by atoms with E-state index in [1.165, 1.54) is 0 Å². The molecule has 6 nitrogen and oxygen atoms in total. The molecular weight excluding hydrogens is 326 g/mol. The number of carbonyl (C=O) groups excluding carboxylic acids is 1. The lowest BCUT2D eigenvalue weighted by Gasteiger charge is -2.23. The molecule has 2 rings (SSSR count). The second-order valence-electron chi connectivity index (χ2n) is 5.92. The summed E-state index contributed by atoms with van der Waals surface area (Å²) < 4.78 is 25.6. The molecule has 0 aliphatic heterocycles. The van der Waals surface area contributed by atoms with Crippen molar-refractivity contribution in [1.82, 2.24) is 10.2 Å². The fraction of sp³-hybridized carbons (Fsp3) is 0.353. The van der Waals surface area contributed by atoms with E-state index >= 15 is 0 Å². The Morgan fingerprint density at radius 2 is 1.75 bits per heavy atom. The molecule has 0 spiro atoms. The Bertz CT molecular complexity index is 813. The molecule has 0 bridgehead atoms. The molecule has 0 saturated carbocycles. The molecule has 0 unspecified atom stereocenters. The van der Waals surface area contributed by atoms with E-state index in [9.17, 15) is 13.2 Å². The van der Waals surface area contributed by atoms with Crippen molar-refractivity contribution in [2.75, 3.05) is 44.3 Å². The summed E-state index contributed by atoms with van der Waals surface area (Å²) in [5.74, 6) is -0.324. The van der Waals surface area contributed by atoms with Crippen LogP contribution in [0.4, 0.5) is 5.69 Å². The highest BCUT2D eigenvalue weighted by Gasteiger charge is 2.22. The van der Waals surface area contributed by atoms with Crippen LogP contribution in [0.3, 0.4) is 0 Å². The van der Waals surface area contributed by atoms with E-state index in [-0.39, 0.29) is 12.5 Å². The average molecular weight is 349 g/mol. The summed E-state index contributed by atoms with van der Waals surface area (Å²) in [5.41, 5.74) is 0.512. The highest BCUT2D eigenvalue weighted by Crippen LogP contribution is 2.28. The highest BCUT2D eigenvalue weighted by atomic mass is 32.2. The Morgan fingerprint density at radius 3 is 2.42 bits per heavy atom. The first-order valence-corrected chi connectivity index (χ1v) is 9.51. The number of hydrogen-bond donors (Lipinski definition) is 1. The van der Waals surface area contributed by atoms with Crippen molar-refractivity contribution in [3.05, 3.63) is 42.5 Å². The topological polar surface area (TPSA) is 69.7 Å². The van der Waals surface area contributed by atoms with E-state index in [2.05, 4.69) is 5.32 Å².